The number of benzene rings is 1. The van der Waals surface area contributed by atoms with Gasteiger partial charge < -0.3 is 10.4 Å². The number of aliphatic carboxylic acids is 1. The first-order valence-electron chi connectivity index (χ1n) is 6.43. The van der Waals surface area contributed by atoms with Gasteiger partial charge >= 0.3 is 5.97 Å². The smallest absolute Gasteiger partial charge is 0.307 e. The molecule has 0 aliphatic carbocycles. The third-order valence-corrected chi connectivity index (χ3v) is 4.88. The highest BCUT2D eigenvalue weighted by Crippen LogP contribution is 2.15. The zero-order valence-corrected chi connectivity index (χ0v) is 12.0. The number of carbonyl (C=O) groups is 2. The van der Waals surface area contributed by atoms with Gasteiger partial charge in [0.2, 0.25) is 10.0 Å². The van der Waals surface area contributed by atoms with Crippen LogP contribution in [0.15, 0.2) is 29.2 Å². The summed E-state index contributed by atoms with van der Waals surface area (Å²) >= 11 is 0. The van der Waals surface area contributed by atoms with Crippen molar-refractivity contribution in [3.05, 3.63) is 29.8 Å². The van der Waals surface area contributed by atoms with Crippen molar-refractivity contribution in [1.29, 1.82) is 0 Å². The predicted octanol–water partition coefficient (Wildman–Crippen LogP) is -0.160. The fourth-order valence-electron chi connectivity index (χ4n) is 2.23. The molecule has 1 aliphatic heterocycles. The molecule has 1 saturated heterocycles. The third kappa shape index (κ3) is 3.87. The van der Waals surface area contributed by atoms with Crippen molar-refractivity contribution < 1.29 is 23.1 Å². The maximum atomic E-state index is 12.2. The van der Waals surface area contributed by atoms with Gasteiger partial charge in [-0.25, -0.2) is 13.1 Å². The van der Waals surface area contributed by atoms with E-state index < -0.39 is 28.0 Å². The van der Waals surface area contributed by atoms with Crippen LogP contribution in [-0.2, 0) is 14.8 Å². The summed E-state index contributed by atoms with van der Waals surface area (Å²) in [6.07, 6.45) is 0.875. The second kappa shape index (κ2) is 6.33. The van der Waals surface area contributed by atoms with Gasteiger partial charge in [0.25, 0.3) is 0 Å². The molecular weight excluding hydrogens is 296 g/mol. The zero-order chi connectivity index (χ0) is 15.5. The second-order valence-electron chi connectivity index (χ2n) is 4.93. The number of nitrogens with one attached hydrogen (secondary N) is 2. The largest absolute Gasteiger partial charge is 0.481 e. The standard InChI is InChI=1S/C13H16N2O5S/c16-8-9-1-3-12(4-2-9)21(19,20)15-11-5-10(13(17)18)6-14-7-11/h1-4,8,10-11,14-15H,5-7H2,(H,17,18)/t10-,11+/m0/s1. The van der Waals surface area contributed by atoms with Crippen molar-refractivity contribution in [3.8, 4) is 0 Å². The van der Waals surface area contributed by atoms with Crippen LogP contribution in [0.2, 0.25) is 0 Å². The molecule has 0 spiro atoms. The Morgan fingerprint density at radius 2 is 1.95 bits per heavy atom. The Labute approximate surface area is 122 Å². The van der Waals surface area contributed by atoms with Gasteiger partial charge in [0.1, 0.15) is 6.29 Å². The van der Waals surface area contributed by atoms with Crippen LogP contribution < -0.4 is 10.0 Å². The Balaban J connectivity index is 2.09. The summed E-state index contributed by atoms with van der Waals surface area (Å²) in [6, 6.07) is 5.05. The molecule has 114 valence electrons. The summed E-state index contributed by atoms with van der Waals surface area (Å²) in [6.45, 7) is 0.719. The second-order valence-corrected chi connectivity index (χ2v) is 6.65. The molecule has 1 aliphatic rings. The first kappa shape index (κ1) is 15.6. The molecule has 0 bridgehead atoms. The SMILES string of the molecule is O=Cc1ccc(S(=O)(=O)N[C@H]2CNC[C@@H](C(=O)O)C2)cc1. The lowest BCUT2D eigenvalue weighted by Crippen LogP contribution is -2.50. The maximum absolute atomic E-state index is 12.2. The lowest BCUT2D eigenvalue weighted by atomic mass is 9.97. The van der Waals surface area contributed by atoms with Gasteiger partial charge in [0.05, 0.1) is 10.8 Å². The van der Waals surface area contributed by atoms with E-state index >= 15 is 0 Å². The van der Waals surface area contributed by atoms with Crippen LogP contribution in [0.4, 0.5) is 0 Å². The van der Waals surface area contributed by atoms with Crippen LogP contribution in [0, 0.1) is 5.92 Å². The van der Waals surface area contributed by atoms with E-state index in [-0.39, 0.29) is 11.3 Å². The molecule has 3 N–H and O–H groups in total. The first-order chi connectivity index (χ1) is 9.92. The van der Waals surface area contributed by atoms with E-state index in [4.69, 9.17) is 5.11 Å². The normalized spacial score (nSPS) is 22.7. The van der Waals surface area contributed by atoms with Gasteiger partial charge in [0, 0.05) is 24.7 Å². The molecule has 1 fully saturated rings. The van der Waals surface area contributed by atoms with Crippen LogP contribution in [0.3, 0.4) is 0 Å². The van der Waals surface area contributed by atoms with E-state index in [9.17, 15) is 18.0 Å². The molecule has 0 aromatic heterocycles. The number of carboxylic acids is 1. The van der Waals surface area contributed by atoms with Crippen molar-refractivity contribution in [2.75, 3.05) is 13.1 Å². The van der Waals surface area contributed by atoms with Gasteiger partial charge in [-0.3, -0.25) is 9.59 Å². The van der Waals surface area contributed by atoms with Crippen molar-refractivity contribution in [2.24, 2.45) is 5.92 Å². The summed E-state index contributed by atoms with van der Waals surface area (Å²) in [7, 11) is -3.73. The molecule has 8 heteroatoms. The van der Waals surface area contributed by atoms with Crippen molar-refractivity contribution in [3.63, 3.8) is 0 Å². The Kier molecular flexibility index (Phi) is 4.71. The summed E-state index contributed by atoms with van der Waals surface area (Å²) in [5, 5.41) is 11.9. The molecule has 21 heavy (non-hydrogen) atoms. The van der Waals surface area contributed by atoms with Crippen molar-refractivity contribution in [2.45, 2.75) is 17.4 Å². The van der Waals surface area contributed by atoms with Gasteiger partial charge in [0.15, 0.2) is 0 Å². The highest BCUT2D eigenvalue weighted by molar-refractivity contribution is 7.89. The van der Waals surface area contributed by atoms with E-state index in [0.717, 1.165) is 0 Å². The van der Waals surface area contributed by atoms with E-state index in [1.165, 1.54) is 24.3 Å². The highest BCUT2D eigenvalue weighted by Gasteiger charge is 2.29. The van der Waals surface area contributed by atoms with Crippen LogP contribution in [0.25, 0.3) is 0 Å². The number of carbonyl (C=O) groups excluding carboxylic acids is 1. The Morgan fingerprint density at radius 3 is 2.52 bits per heavy atom. The highest BCUT2D eigenvalue weighted by atomic mass is 32.2. The number of piperidine rings is 1. The molecular formula is C13H16N2O5S. The maximum Gasteiger partial charge on any atom is 0.307 e. The van der Waals surface area contributed by atoms with Crippen LogP contribution >= 0.6 is 0 Å². The Hall–Kier alpha value is -1.77. The average molecular weight is 312 g/mol. The number of aldehydes is 1. The van der Waals surface area contributed by atoms with Gasteiger partial charge in [-0.2, -0.15) is 0 Å². The number of hydrogen-bond acceptors (Lipinski definition) is 5. The molecule has 1 aromatic rings. The molecule has 7 nitrogen and oxygen atoms in total. The van der Waals surface area contributed by atoms with Gasteiger partial charge in [-0.05, 0) is 18.6 Å². The first-order valence-corrected chi connectivity index (χ1v) is 7.92. The van der Waals surface area contributed by atoms with Crippen LogP contribution in [0.1, 0.15) is 16.8 Å². The molecule has 2 rings (SSSR count). The summed E-state index contributed by atoms with van der Waals surface area (Å²) < 4.78 is 26.9. The van der Waals surface area contributed by atoms with E-state index in [1.807, 2.05) is 0 Å². The predicted molar refractivity (Wildman–Crippen MR) is 74.6 cm³/mol. The summed E-state index contributed by atoms with van der Waals surface area (Å²) in [5.41, 5.74) is 0.388. The molecule has 0 amide bonds. The van der Waals surface area contributed by atoms with Crippen LogP contribution in [-0.4, -0.2) is 44.9 Å². The Bertz CT molecular complexity index is 626. The lowest BCUT2D eigenvalue weighted by Gasteiger charge is -2.28. The van der Waals surface area contributed by atoms with E-state index in [2.05, 4.69) is 10.0 Å². The third-order valence-electron chi connectivity index (χ3n) is 3.35. The summed E-state index contributed by atoms with van der Waals surface area (Å²) in [5.74, 6) is -1.55. The molecule has 0 unspecified atom stereocenters. The number of rotatable bonds is 5. The lowest BCUT2D eigenvalue weighted by molar-refractivity contribution is -0.142. The molecule has 2 atom stereocenters. The number of sulfonamides is 1. The minimum Gasteiger partial charge on any atom is -0.481 e. The minimum atomic E-state index is -3.73. The molecule has 1 heterocycles. The molecule has 0 radical (unpaired) electrons. The zero-order valence-electron chi connectivity index (χ0n) is 11.2. The van der Waals surface area contributed by atoms with E-state index in [1.54, 1.807) is 0 Å². The fourth-order valence-corrected chi connectivity index (χ4v) is 3.48. The summed E-state index contributed by atoms with van der Waals surface area (Å²) in [4.78, 5) is 21.6. The fraction of sp³-hybridized carbons (Fsp3) is 0.385. The number of carboxylic acid groups (broad SMARTS) is 1. The molecule has 1 aromatic carbocycles. The monoisotopic (exact) mass is 312 g/mol. The quantitative estimate of drug-likeness (QED) is 0.651. The van der Waals surface area contributed by atoms with Gasteiger partial charge in [-0.15, -0.1) is 0 Å². The van der Waals surface area contributed by atoms with E-state index in [0.29, 0.717) is 24.9 Å². The van der Waals surface area contributed by atoms with Gasteiger partial charge in [-0.1, -0.05) is 12.1 Å². The number of hydrogen-bond donors (Lipinski definition) is 3. The Morgan fingerprint density at radius 1 is 1.29 bits per heavy atom. The van der Waals surface area contributed by atoms with Crippen molar-refractivity contribution >= 4 is 22.3 Å². The average Bonchev–Trinajstić information content (AvgIpc) is 2.47. The van der Waals surface area contributed by atoms with Crippen LogP contribution in [0.5, 0.6) is 0 Å². The topological polar surface area (TPSA) is 113 Å². The molecule has 0 saturated carbocycles. The van der Waals surface area contributed by atoms with Crippen molar-refractivity contribution in [1.82, 2.24) is 10.0 Å². The minimum absolute atomic E-state index is 0.0468.